The van der Waals surface area contributed by atoms with E-state index in [-0.39, 0.29) is 6.23 Å². The normalized spacial score (nSPS) is 14.5. The second-order valence-corrected chi connectivity index (χ2v) is 11.7. The third-order valence-electron chi connectivity index (χ3n) is 8.23. The quantitative estimate of drug-likeness (QED) is 0.239. The van der Waals surface area contributed by atoms with E-state index in [0.29, 0.717) is 0 Å². The van der Waals surface area contributed by atoms with Gasteiger partial charge < -0.3 is 14.6 Å². The van der Waals surface area contributed by atoms with Crippen LogP contribution >= 0.6 is 11.3 Å². The van der Waals surface area contributed by atoms with Crippen molar-refractivity contribution in [3.8, 4) is 22.6 Å². The van der Waals surface area contributed by atoms with Crippen LogP contribution < -0.4 is 10.1 Å². The fraction of sp³-hybridized carbons (Fsp3) is 0.0270. The Kier molecular flexibility index (Phi) is 4.83. The molecule has 0 radical (unpaired) electrons. The molecule has 2 aromatic heterocycles. The van der Waals surface area contributed by atoms with Crippen LogP contribution in [-0.2, 0) is 0 Å². The fourth-order valence-corrected chi connectivity index (χ4v) is 7.41. The summed E-state index contributed by atoms with van der Waals surface area (Å²) >= 11 is 1.86. The van der Waals surface area contributed by atoms with E-state index in [1.54, 1.807) is 0 Å². The second-order valence-electron chi connectivity index (χ2n) is 10.6. The summed E-state index contributed by atoms with van der Waals surface area (Å²) in [5.41, 5.74) is 7.91. The van der Waals surface area contributed by atoms with Gasteiger partial charge in [-0.3, -0.25) is 0 Å². The molecule has 0 saturated heterocycles. The lowest BCUT2D eigenvalue weighted by Crippen LogP contribution is -2.09. The first kappa shape index (κ1) is 22.7. The van der Waals surface area contributed by atoms with Gasteiger partial charge in [0.25, 0.3) is 0 Å². The number of aromatic nitrogens is 1. The number of ether oxygens (including phenoxy) is 1. The van der Waals surface area contributed by atoms with Gasteiger partial charge in [0.05, 0.1) is 16.7 Å². The highest BCUT2D eigenvalue weighted by Gasteiger charge is 2.28. The van der Waals surface area contributed by atoms with Gasteiger partial charge in [0.1, 0.15) is 0 Å². The Balaban J connectivity index is 1.24. The molecule has 8 aromatic rings. The van der Waals surface area contributed by atoms with E-state index in [2.05, 4.69) is 137 Å². The van der Waals surface area contributed by atoms with Gasteiger partial charge in [0, 0.05) is 42.2 Å². The van der Waals surface area contributed by atoms with Gasteiger partial charge in [-0.2, -0.15) is 0 Å². The molecule has 1 unspecified atom stereocenters. The summed E-state index contributed by atoms with van der Waals surface area (Å²) in [6, 6.07) is 47.8. The summed E-state index contributed by atoms with van der Waals surface area (Å²) in [7, 11) is 0. The van der Waals surface area contributed by atoms with Crippen molar-refractivity contribution in [3.63, 3.8) is 0 Å². The van der Waals surface area contributed by atoms with Crippen molar-refractivity contribution in [2.75, 3.05) is 5.32 Å². The lowest BCUT2D eigenvalue weighted by atomic mass is 10.0. The molecule has 194 valence electrons. The van der Waals surface area contributed by atoms with Crippen molar-refractivity contribution in [2.24, 2.45) is 0 Å². The Bertz CT molecular complexity index is 2280. The van der Waals surface area contributed by atoms with E-state index in [4.69, 9.17) is 4.74 Å². The minimum atomic E-state index is -0.221. The predicted octanol–water partition coefficient (Wildman–Crippen LogP) is 10.3. The zero-order valence-electron chi connectivity index (χ0n) is 22.0. The molecular formula is C37H24N2OS. The van der Waals surface area contributed by atoms with Crippen LogP contribution in [0, 0.1) is 0 Å². The van der Waals surface area contributed by atoms with Crippen LogP contribution in [-0.4, -0.2) is 4.57 Å². The predicted molar refractivity (Wildman–Crippen MR) is 173 cm³/mol. The zero-order valence-corrected chi connectivity index (χ0v) is 22.9. The minimum absolute atomic E-state index is 0.221. The number of benzene rings is 6. The molecule has 9 rings (SSSR count). The first-order chi connectivity index (χ1) is 20.3. The first-order valence-corrected chi connectivity index (χ1v) is 14.7. The monoisotopic (exact) mass is 544 g/mol. The molecule has 0 amide bonds. The zero-order chi connectivity index (χ0) is 26.9. The van der Waals surface area contributed by atoms with Crippen LogP contribution in [0.3, 0.4) is 0 Å². The molecule has 0 bridgehead atoms. The first-order valence-electron chi connectivity index (χ1n) is 13.9. The SMILES string of the molecule is c1ccc(C2Nc3ccc4c5ccccc5n(-c5cccc(-c6ccc7sc8ccccc8c7c6)c5)c4c3O2)cc1. The molecule has 3 heterocycles. The van der Waals surface area contributed by atoms with Crippen molar-refractivity contribution < 1.29 is 4.74 Å². The number of thiophene rings is 1. The van der Waals surface area contributed by atoms with E-state index < -0.39 is 0 Å². The topological polar surface area (TPSA) is 26.2 Å². The molecule has 1 aliphatic rings. The summed E-state index contributed by atoms with van der Waals surface area (Å²) < 4.78 is 11.7. The molecule has 41 heavy (non-hydrogen) atoms. The van der Waals surface area contributed by atoms with Gasteiger partial charge in [0.15, 0.2) is 12.0 Å². The second kappa shape index (κ2) is 8.72. The molecule has 0 fully saturated rings. The Hall–Kier alpha value is -5.06. The average molecular weight is 545 g/mol. The Morgan fingerprint density at radius 1 is 0.585 bits per heavy atom. The number of anilines is 1. The van der Waals surface area contributed by atoms with E-state index in [9.17, 15) is 0 Å². The van der Waals surface area contributed by atoms with Crippen molar-refractivity contribution in [1.82, 2.24) is 4.57 Å². The van der Waals surface area contributed by atoms with Crippen LogP contribution in [0.2, 0.25) is 0 Å². The van der Waals surface area contributed by atoms with E-state index in [1.807, 2.05) is 17.4 Å². The molecule has 0 saturated carbocycles. The maximum Gasteiger partial charge on any atom is 0.196 e. The van der Waals surface area contributed by atoms with Gasteiger partial charge in [-0.15, -0.1) is 11.3 Å². The number of nitrogens with zero attached hydrogens (tertiary/aromatic N) is 1. The summed E-state index contributed by atoms with van der Waals surface area (Å²) in [4.78, 5) is 0. The lowest BCUT2D eigenvalue weighted by Gasteiger charge is -2.13. The number of rotatable bonds is 3. The van der Waals surface area contributed by atoms with Crippen LogP contribution in [0.4, 0.5) is 5.69 Å². The minimum Gasteiger partial charge on any atom is -0.462 e. The number of fused-ring (bicyclic) bond motifs is 8. The van der Waals surface area contributed by atoms with Gasteiger partial charge in [-0.1, -0.05) is 84.9 Å². The Morgan fingerprint density at radius 3 is 2.29 bits per heavy atom. The smallest absolute Gasteiger partial charge is 0.196 e. The lowest BCUT2D eigenvalue weighted by molar-refractivity contribution is 0.262. The molecule has 1 atom stereocenters. The van der Waals surface area contributed by atoms with Crippen molar-refractivity contribution in [3.05, 3.63) is 139 Å². The molecule has 1 aliphatic heterocycles. The van der Waals surface area contributed by atoms with Crippen LogP contribution in [0.25, 0.3) is 58.8 Å². The van der Waals surface area contributed by atoms with E-state index >= 15 is 0 Å². The van der Waals surface area contributed by atoms with Gasteiger partial charge in [0.2, 0.25) is 0 Å². The summed E-state index contributed by atoms with van der Waals surface area (Å²) in [5, 5.41) is 8.64. The number of para-hydroxylation sites is 1. The maximum absolute atomic E-state index is 6.66. The van der Waals surface area contributed by atoms with Crippen LogP contribution in [0.15, 0.2) is 133 Å². The number of hydrogen-bond acceptors (Lipinski definition) is 3. The summed E-state index contributed by atoms with van der Waals surface area (Å²) in [6.45, 7) is 0. The summed E-state index contributed by atoms with van der Waals surface area (Å²) in [5.74, 6) is 0.893. The molecule has 6 aromatic carbocycles. The highest BCUT2D eigenvalue weighted by molar-refractivity contribution is 7.25. The Morgan fingerprint density at radius 2 is 1.37 bits per heavy atom. The average Bonchev–Trinajstić information content (AvgIpc) is 3.73. The van der Waals surface area contributed by atoms with E-state index in [0.717, 1.165) is 28.2 Å². The number of nitrogens with one attached hydrogen (secondary N) is 1. The Labute approximate surface area is 240 Å². The summed E-state index contributed by atoms with van der Waals surface area (Å²) in [6.07, 6.45) is -0.221. The van der Waals surface area contributed by atoms with Crippen molar-refractivity contribution in [2.45, 2.75) is 6.23 Å². The van der Waals surface area contributed by atoms with Gasteiger partial charge in [-0.25, -0.2) is 0 Å². The standard InChI is InChI=1S/C37H24N2OS/c1-2-9-23(10-3-1)37-38-31-19-18-29-27-13-4-6-15-32(27)39(35(29)36(31)40-37)26-12-8-11-24(21-26)25-17-20-34-30(22-25)28-14-5-7-16-33(28)41-34/h1-22,37-38H. The largest absolute Gasteiger partial charge is 0.462 e. The molecule has 4 heteroatoms. The number of hydrogen-bond donors (Lipinski definition) is 1. The molecule has 3 nitrogen and oxygen atoms in total. The van der Waals surface area contributed by atoms with Crippen molar-refractivity contribution in [1.29, 1.82) is 0 Å². The fourth-order valence-electron chi connectivity index (χ4n) is 6.33. The third-order valence-corrected chi connectivity index (χ3v) is 9.38. The molecule has 0 aliphatic carbocycles. The van der Waals surface area contributed by atoms with Crippen LogP contribution in [0.5, 0.6) is 5.75 Å². The highest BCUT2D eigenvalue weighted by atomic mass is 32.1. The molecule has 1 N–H and O–H groups in total. The van der Waals surface area contributed by atoms with Crippen LogP contribution in [0.1, 0.15) is 11.8 Å². The van der Waals surface area contributed by atoms with Crippen molar-refractivity contribution >= 4 is 59.0 Å². The highest BCUT2D eigenvalue weighted by Crippen LogP contribution is 2.47. The van der Waals surface area contributed by atoms with Gasteiger partial charge in [-0.05, 0) is 59.7 Å². The molecule has 0 spiro atoms. The molecular weight excluding hydrogens is 520 g/mol. The van der Waals surface area contributed by atoms with Gasteiger partial charge >= 0.3 is 0 Å². The van der Waals surface area contributed by atoms with E-state index in [1.165, 1.54) is 47.6 Å². The third kappa shape index (κ3) is 3.44. The maximum atomic E-state index is 6.66.